The molecule has 0 saturated carbocycles. The summed E-state index contributed by atoms with van der Waals surface area (Å²) in [6, 6.07) is 38.5. The van der Waals surface area contributed by atoms with Crippen molar-refractivity contribution in [3.8, 4) is 5.75 Å². The molecule has 0 spiro atoms. The molecule has 0 aliphatic carbocycles. The number of fused-ring (bicyclic) bond motifs is 1. The summed E-state index contributed by atoms with van der Waals surface area (Å²) in [7, 11) is -9.18. The minimum atomic E-state index is -4.71. The van der Waals surface area contributed by atoms with Crippen LogP contribution in [-0.2, 0) is 53.2 Å². The maximum Gasteiger partial charge on any atom is 0.995 e. The van der Waals surface area contributed by atoms with Gasteiger partial charge in [-0.3, -0.25) is 28.5 Å². The minimum Gasteiger partial charge on any atom is -0.569 e. The van der Waals surface area contributed by atoms with Crippen molar-refractivity contribution in [2.24, 2.45) is 0 Å². The Labute approximate surface area is 426 Å². The Morgan fingerprint density at radius 3 is 1.92 bits per heavy atom. The fourth-order valence-corrected chi connectivity index (χ4v) is 8.52. The second kappa shape index (κ2) is 24.9. The van der Waals surface area contributed by atoms with Crippen molar-refractivity contribution < 1.29 is 59.7 Å². The minimum absolute atomic E-state index is 0.00623. The number of unbranched alkanes of at least 4 members (excludes halogenated alkanes) is 1. The van der Waals surface area contributed by atoms with E-state index in [2.05, 4.69) is 26.6 Å². The van der Waals surface area contributed by atoms with E-state index in [0.717, 1.165) is 10.8 Å². The highest BCUT2D eigenvalue weighted by atomic mass is 32.2. The number of ketones is 1. The van der Waals surface area contributed by atoms with Gasteiger partial charge in [0.25, 0.3) is 21.8 Å². The molecule has 1 aliphatic heterocycles. The van der Waals surface area contributed by atoms with Crippen LogP contribution in [0, 0.1) is 0 Å². The normalized spacial score (nSPS) is 14.2. The van der Waals surface area contributed by atoms with E-state index in [4.69, 9.17) is 9.00 Å². The number of benzene rings is 6. The Morgan fingerprint density at radius 1 is 0.608 bits per heavy atom. The number of carbonyl (C=O) groups excluding carboxylic acids is 6. The first-order valence-electron chi connectivity index (χ1n) is 23.8. The van der Waals surface area contributed by atoms with Crippen LogP contribution in [0.15, 0.2) is 158 Å². The molecule has 0 aromatic heterocycles. The van der Waals surface area contributed by atoms with Crippen LogP contribution in [0.1, 0.15) is 61.8 Å². The van der Waals surface area contributed by atoms with Gasteiger partial charge in [0.1, 0.15) is 23.9 Å². The molecular weight excluding hydrogens is 975 g/mol. The number of carbonyl (C=O) groups is 5. The number of aromatic hydroxyl groups is 1. The molecule has 1 aliphatic rings. The maximum absolute atomic E-state index is 14.6. The number of hydrogen-bond acceptors (Lipinski definition) is 9. The number of rotatable bonds is 23. The van der Waals surface area contributed by atoms with Crippen molar-refractivity contribution in [2.45, 2.75) is 56.7 Å². The van der Waals surface area contributed by atoms with Gasteiger partial charge in [-0.2, -0.15) is 8.42 Å². The van der Waals surface area contributed by atoms with Gasteiger partial charge < -0.3 is 49.3 Å². The Bertz CT molecular complexity index is 3150. The predicted octanol–water partition coefficient (Wildman–Crippen LogP) is 5.80. The molecule has 0 radical (unpaired) electrons. The summed E-state index contributed by atoms with van der Waals surface area (Å²) in [5.74, 6) is -4.41. The van der Waals surface area contributed by atoms with Gasteiger partial charge in [0.2, 0.25) is 23.6 Å². The van der Waals surface area contributed by atoms with Gasteiger partial charge in [-0.1, -0.05) is 121 Å². The largest absolute Gasteiger partial charge is 0.995 e. The topological polar surface area (TPSA) is 241 Å². The van der Waals surface area contributed by atoms with Crippen LogP contribution in [0.3, 0.4) is 0 Å². The van der Waals surface area contributed by atoms with Crippen LogP contribution in [0.5, 0.6) is 5.75 Å². The van der Waals surface area contributed by atoms with E-state index in [9.17, 15) is 50.7 Å². The van der Waals surface area contributed by atoms with Gasteiger partial charge >= 0.3 is 7.11 Å². The zero-order valence-electron chi connectivity index (χ0n) is 39.9. The third-order valence-electron chi connectivity index (χ3n) is 11.9. The third kappa shape index (κ3) is 16.1. The van der Waals surface area contributed by atoms with E-state index in [1.807, 2.05) is 42.5 Å². The molecule has 5 amide bonds. The van der Waals surface area contributed by atoms with E-state index in [1.54, 1.807) is 72.8 Å². The number of amides is 5. The van der Waals surface area contributed by atoms with Crippen molar-refractivity contribution >= 4 is 69.1 Å². The SMILES string of the molecule is O=C(Cc1ccc2ccccc2c1)N[C@@H](Cc1ccc(O)cc1)C(=O)N[C@@H](Cc1ccccc1)C(=O)N[C@@H](CCCCNC(=O)c1cccc(C2=[O+][B-](F)(F)OC(c3ccccc3)=C2)c1)C(=O)NCCS(=O)(=O)O. The first-order chi connectivity index (χ1) is 35.5. The van der Waals surface area contributed by atoms with Gasteiger partial charge in [-0.15, -0.1) is 0 Å². The molecule has 7 N–H and O–H groups in total. The molecule has 6 aromatic carbocycles. The molecule has 74 heavy (non-hydrogen) atoms. The van der Waals surface area contributed by atoms with Crippen molar-refractivity contribution in [3.63, 3.8) is 0 Å². The third-order valence-corrected chi connectivity index (χ3v) is 12.6. The predicted molar refractivity (Wildman–Crippen MR) is 275 cm³/mol. The zero-order chi connectivity index (χ0) is 52.7. The lowest BCUT2D eigenvalue weighted by Gasteiger charge is -2.26. The molecule has 0 unspecified atom stereocenters. The first kappa shape index (κ1) is 53.6. The highest BCUT2D eigenvalue weighted by Gasteiger charge is 2.53. The number of nitrogens with one attached hydrogen (secondary N) is 5. The van der Waals surface area contributed by atoms with Crippen molar-refractivity contribution in [2.75, 3.05) is 18.8 Å². The van der Waals surface area contributed by atoms with E-state index in [1.165, 1.54) is 42.5 Å². The van der Waals surface area contributed by atoms with Crippen molar-refractivity contribution in [1.82, 2.24) is 26.6 Å². The summed E-state index contributed by atoms with van der Waals surface area (Å²) in [5.41, 5.74) is 2.68. The molecule has 384 valence electrons. The highest BCUT2D eigenvalue weighted by molar-refractivity contribution is 7.85. The van der Waals surface area contributed by atoms with Crippen LogP contribution in [-0.4, -0.2) is 97.5 Å². The number of allylic oxidation sites excluding steroid dienone is 1. The Kier molecular flexibility index (Phi) is 18.1. The van der Waals surface area contributed by atoms with Crippen LogP contribution in [0.2, 0.25) is 0 Å². The van der Waals surface area contributed by atoms with E-state index < -0.39 is 77.2 Å². The van der Waals surface area contributed by atoms with E-state index in [0.29, 0.717) is 22.3 Å². The first-order valence-corrected chi connectivity index (χ1v) is 25.4. The monoisotopic (exact) mass is 1030 g/mol. The van der Waals surface area contributed by atoms with E-state index >= 15 is 0 Å². The molecular formula is C54H54BF2N5O11S. The fourth-order valence-electron chi connectivity index (χ4n) is 8.16. The lowest BCUT2D eigenvalue weighted by atomic mass is 10.0. The lowest BCUT2D eigenvalue weighted by molar-refractivity contribution is -0.183. The Morgan fingerprint density at radius 2 is 1.22 bits per heavy atom. The van der Waals surface area contributed by atoms with Crippen LogP contribution in [0.4, 0.5) is 8.63 Å². The highest BCUT2D eigenvalue weighted by Crippen LogP contribution is 2.29. The quantitative estimate of drug-likeness (QED) is 0.0176. The number of hydrogen-bond donors (Lipinski definition) is 7. The summed E-state index contributed by atoms with van der Waals surface area (Å²) in [6.07, 6.45) is 1.65. The molecule has 7 rings (SSSR count). The molecule has 0 bridgehead atoms. The molecule has 0 saturated heterocycles. The Balaban J connectivity index is 1.03. The summed E-state index contributed by atoms with van der Waals surface area (Å²) in [4.78, 5) is 69.2. The maximum atomic E-state index is 14.6. The van der Waals surface area contributed by atoms with Crippen LogP contribution < -0.4 is 26.6 Å². The summed E-state index contributed by atoms with van der Waals surface area (Å²) in [6.45, 7) is -0.406. The molecule has 3 atom stereocenters. The van der Waals surface area contributed by atoms with Gasteiger partial charge in [0.15, 0.2) is 0 Å². The van der Waals surface area contributed by atoms with Gasteiger partial charge in [-0.05, 0) is 77.1 Å². The number of halogens is 2. The van der Waals surface area contributed by atoms with Crippen LogP contribution in [0.25, 0.3) is 16.5 Å². The second-order valence-corrected chi connectivity index (χ2v) is 19.2. The standard InChI is InChI=1S/C54H54BF2N5O11S/c56-55(57)72-48(40-15-5-2-6-16-40)35-49(73-55)42-18-11-19-43(34-42)51(65)58-27-10-9-20-45(52(66)59-28-29-74(69,70)71)61-54(68)47(31-36-12-3-1-4-13-36)62-53(67)46(32-37-22-25-44(63)26-23-37)60-50(64)33-38-21-24-39-14-7-8-17-41(39)30-38/h1-8,11-19,21-26,30,34-35,45-47,63H,9-10,20,27-29,31-33H2,(H,58,65)(H,59,66)(H,60,64)(H,61,68)(H,62,67)(H,69,70,71)/t45-,46-,47-/m0/s1. The molecule has 16 nitrogen and oxygen atoms in total. The van der Waals surface area contributed by atoms with E-state index in [-0.39, 0.29) is 73.5 Å². The van der Waals surface area contributed by atoms with Gasteiger partial charge in [-0.25, -0.2) is 0 Å². The lowest BCUT2D eigenvalue weighted by Crippen LogP contribution is -2.58. The number of phenols is 1. The molecule has 1 heterocycles. The van der Waals surface area contributed by atoms with Crippen molar-refractivity contribution in [3.05, 3.63) is 191 Å². The number of phenolic OH excluding ortho intramolecular Hbond substituents is 1. The Hall–Kier alpha value is -8.23. The van der Waals surface area contributed by atoms with Gasteiger partial charge in [0.05, 0.1) is 29.6 Å². The fraction of sp³-hybridized carbons (Fsp3) is 0.222. The van der Waals surface area contributed by atoms with Crippen LogP contribution >= 0.6 is 0 Å². The smallest absolute Gasteiger partial charge is 0.569 e. The zero-order valence-corrected chi connectivity index (χ0v) is 40.7. The summed E-state index contributed by atoms with van der Waals surface area (Å²) < 4.78 is 71.2. The molecule has 20 heteroatoms. The second-order valence-electron chi connectivity index (χ2n) is 17.6. The average Bonchev–Trinajstić information content (AvgIpc) is 3.38. The average molecular weight is 1030 g/mol. The molecule has 0 fully saturated rings. The van der Waals surface area contributed by atoms with Gasteiger partial charge in [0, 0.05) is 37.1 Å². The molecule has 6 aromatic rings. The summed E-state index contributed by atoms with van der Waals surface area (Å²) >= 11 is 0. The van der Waals surface area contributed by atoms with Crippen molar-refractivity contribution in [1.29, 1.82) is 0 Å². The summed E-state index contributed by atoms with van der Waals surface area (Å²) in [5, 5.41) is 25.3.